The van der Waals surface area contributed by atoms with Gasteiger partial charge in [-0.2, -0.15) is 0 Å². The third-order valence-electron chi connectivity index (χ3n) is 2.82. The van der Waals surface area contributed by atoms with Gasteiger partial charge in [-0.3, -0.25) is 5.32 Å². The Kier molecular flexibility index (Phi) is 4.94. The zero-order chi connectivity index (χ0) is 15.2. The van der Waals surface area contributed by atoms with Crippen LogP contribution in [-0.2, 0) is 16.1 Å². The van der Waals surface area contributed by atoms with Crippen LogP contribution in [0, 0.1) is 6.92 Å². The minimum absolute atomic E-state index is 0.353. The van der Waals surface area contributed by atoms with Crippen molar-refractivity contribution in [1.29, 1.82) is 0 Å². The van der Waals surface area contributed by atoms with Crippen molar-refractivity contribution in [2.45, 2.75) is 26.6 Å². The Labute approximate surface area is 123 Å². The fraction of sp³-hybridized carbons (Fsp3) is 0.333. The number of amides is 1. The molecule has 1 aromatic heterocycles. The molecule has 0 fully saturated rings. The van der Waals surface area contributed by atoms with Crippen LogP contribution in [0.15, 0.2) is 34.9 Å². The first-order valence-corrected chi connectivity index (χ1v) is 6.57. The molecule has 1 unspecified atom stereocenters. The molecule has 1 amide bonds. The highest BCUT2D eigenvalue weighted by molar-refractivity contribution is 5.84. The maximum atomic E-state index is 11.8. The highest BCUT2D eigenvalue weighted by Crippen LogP contribution is 2.19. The van der Waals surface area contributed by atoms with Gasteiger partial charge in [0.1, 0.15) is 5.69 Å². The van der Waals surface area contributed by atoms with Gasteiger partial charge in [0.05, 0.1) is 6.61 Å². The predicted molar refractivity (Wildman–Crippen MR) is 76.9 cm³/mol. The lowest BCUT2D eigenvalue weighted by Gasteiger charge is -2.11. The Bertz CT molecular complexity index is 609. The van der Waals surface area contributed by atoms with Gasteiger partial charge in [0.25, 0.3) is 0 Å². The summed E-state index contributed by atoms with van der Waals surface area (Å²) in [6, 6.07) is 9.17. The lowest BCUT2D eigenvalue weighted by molar-refractivity contribution is 0.103. The van der Waals surface area contributed by atoms with Gasteiger partial charge in [0, 0.05) is 18.9 Å². The zero-order valence-corrected chi connectivity index (χ0v) is 12.3. The molecule has 0 saturated heterocycles. The summed E-state index contributed by atoms with van der Waals surface area (Å²) in [7, 11) is 1.57. The molecule has 0 aliphatic heterocycles. The molecule has 1 N–H and O–H groups in total. The first-order chi connectivity index (χ1) is 10.1. The molecular formula is C15H18N2O4. The Morgan fingerprint density at radius 2 is 2.24 bits per heavy atom. The van der Waals surface area contributed by atoms with Crippen molar-refractivity contribution in [3.05, 3.63) is 47.3 Å². The number of hydrogen-bond acceptors (Lipinski definition) is 5. The lowest BCUT2D eigenvalue weighted by atomic mass is 10.2. The van der Waals surface area contributed by atoms with Crippen molar-refractivity contribution in [1.82, 2.24) is 5.16 Å². The molecule has 6 nitrogen and oxygen atoms in total. The maximum absolute atomic E-state index is 11.8. The molecule has 0 radical (unpaired) electrons. The van der Waals surface area contributed by atoms with Gasteiger partial charge in [-0.25, -0.2) is 4.79 Å². The largest absolute Gasteiger partial charge is 0.438 e. The summed E-state index contributed by atoms with van der Waals surface area (Å²) in [4.78, 5) is 11.8. The van der Waals surface area contributed by atoms with Crippen LogP contribution in [0.25, 0.3) is 0 Å². The van der Waals surface area contributed by atoms with E-state index in [1.54, 1.807) is 26.2 Å². The maximum Gasteiger partial charge on any atom is 0.412 e. The van der Waals surface area contributed by atoms with Crippen LogP contribution in [0.5, 0.6) is 0 Å². The number of nitrogens with one attached hydrogen (secondary N) is 1. The molecule has 1 atom stereocenters. The minimum atomic E-state index is -0.544. The third kappa shape index (κ3) is 4.32. The Balaban J connectivity index is 1.92. The topological polar surface area (TPSA) is 73.6 Å². The van der Waals surface area contributed by atoms with E-state index in [0.29, 0.717) is 23.7 Å². The van der Waals surface area contributed by atoms with Crippen LogP contribution in [0.1, 0.15) is 30.0 Å². The summed E-state index contributed by atoms with van der Waals surface area (Å²) in [5.74, 6) is 0.474. The number of aromatic nitrogens is 1. The molecule has 0 spiro atoms. The third-order valence-corrected chi connectivity index (χ3v) is 2.82. The number of aryl methyl sites for hydroxylation is 1. The number of hydrogen-bond donors (Lipinski definition) is 1. The molecular weight excluding hydrogens is 272 g/mol. The van der Waals surface area contributed by atoms with Crippen molar-refractivity contribution < 1.29 is 18.8 Å². The number of carbonyl (C=O) groups is 1. The van der Waals surface area contributed by atoms with Crippen molar-refractivity contribution in [3.63, 3.8) is 0 Å². The number of methoxy groups -OCH3 is 1. The average Bonchev–Trinajstić information content (AvgIpc) is 2.87. The molecule has 0 bridgehead atoms. The van der Waals surface area contributed by atoms with Gasteiger partial charge < -0.3 is 14.0 Å². The van der Waals surface area contributed by atoms with E-state index in [4.69, 9.17) is 14.0 Å². The minimum Gasteiger partial charge on any atom is -0.438 e. The quantitative estimate of drug-likeness (QED) is 0.913. The van der Waals surface area contributed by atoms with E-state index >= 15 is 0 Å². The molecule has 2 aromatic rings. The van der Waals surface area contributed by atoms with Crippen LogP contribution in [0.4, 0.5) is 10.5 Å². The first-order valence-electron chi connectivity index (χ1n) is 6.57. The smallest absolute Gasteiger partial charge is 0.412 e. The molecule has 2 rings (SSSR count). The molecule has 0 aliphatic rings. The van der Waals surface area contributed by atoms with Crippen LogP contribution in [0.3, 0.4) is 0 Å². The summed E-state index contributed by atoms with van der Waals surface area (Å²) >= 11 is 0. The SMILES string of the molecule is COCc1cc(C(C)OC(=O)Nc2cccc(C)c2)on1. The first kappa shape index (κ1) is 15.1. The van der Waals surface area contributed by atoms with E-state index in [2.05, 4.69) is 10.5 Å². The normalized spacial score (nSPS) is 12.0. The zero-order valence-electron chi connectivity index (χ0n) is 12.3. The van der Waals surface area contributed by atoms with Crippen molar-refractivity contribution >= 4 is 11.8 Å². The lowest BCUT2D eigenvalue weighted by Crippen LogP contribution is -2.15. The predicted octanol–water partition coefficient (Wildman–Crippen LogP) is 3.44. The Hall–Kier alpha value is -2.34. The van der Waals surface area contributed by atoms with E-state index < -0.39 is 12.2 Å². The molecule has 0 saturated carbocycles. The Morgan fingerprint density at radius 3 is 2.95 bits per heavy atom. The summed E-state index contributed by atoms with van der Waals surface area (Å²) in [6.07, 6.45) is -1.08. The average molecular weight is 290 g/mol. The van der Waals surface area contributed by atoms with Gasteiger partial charge in [-0.15, -0.1) is 0 Å². The van der Waals surface area contributed by atoms with E-state index in [9.17, 15) is 4.79 Å². The number of anilines is 1. The number of ether oxygens (including phenoxy) is 2. The van der Waals surface area contributed by atoms with E-state index in [-0.39, 0.29) is 0 Å². The number of benzene rings is 1. The van der Waals surface area contributed by atoms with E-state index in [1.807, 2.05) is 25.1 Å². The molecule has 1 aromatic carbocycles. The van der Waals surface area contributed by atoms with Gasteiger partial charge in [0.15, 0.2) is 11.9 Å². The standard InChI is InChI=1S/C15H18N2O4/c1-10-5-4-6-12(7-10)16-15(18)20-11(2)14-8-13(9-19-3)17-21-14/h4-8,11H,9H2,1-3H3,(H,16,18). The van der Waals surface area contributed by atoms with Crippen LogP contribution in [0.2, 0.25) is 0 Å². The Morgan fingerprint density at radius 1 is 1.43 bits per heavy atom. The number of nitrogens with zero attached hydrogens (tertiary/aromatic N) is 1. The van der Waals surface area contributed by atoms with Gasteiger partial charge in [0.2, 0.25) is 0 Å². The van der Waals surface area contributed by atoms with Crippen molar-refractivity contribution in [2.75, 3.05) is 12.4 Å². The summed E-state index contributed by atoms with van der Waals surface area (Å²) in [6.45, 7) is 4.02. The van der Waals surface area contributed by atoms with Crippen molar-refractivity contribution in [3.8, 4) is 0 Å². The van der Waals surface area contributed by atoms with E-state index in [0.717, 1.165) is 5.56 Å². The fourth-order valence-electron chi connectivity index (χ4n) is 1.82. The fourth-order valence-corrected chi connectivity index (χ4v) is 1.82. The van der Waals surface area contributed by atoms with Crippen LogP contribution in [-0.4, -0.2) is 18.4 Å². The second kappa shape index (κ2) is 6.90. The number of rotatable bonds is 5. The molecule has 1 heterocycles. The van der Waals surface area contributed by atoms with E-state index in [1.165, 1.54) is 0 Å². The number of carbonyl (C=O) groups excluding carboxylic acids is 1. The summed E-state index contributed by atoms with van der Waals surface area (Å²) in [5, 5.41) is 6.49. The molecule has 6 heteroatoms. The van der Waals surface area contributed by atoms with Gasteiger partial charge >= 0.3 is 6.09 Å². The molecule has 21 heavy (non-hydrogen) atoms. The monoisotopic (exact) mass is 290 g/mol. The molecule has 0 aliphatic carbocycles. The van der Waals surface area contributed by atoms with Crippen LogP contribution < -0.4 is 5.32 Å². The second-order valence-electron chi connectivity index (χ2n) is 4.70. The van der Waals surface area contributed by atoms with Crippen molar-refractivity contribution in [2.24, 2.45) is 0 Å². The van der Waals surface area contributed by atoms with Gasteiger partial charge in [-0.1, -0.05) is 17.3 Å². The summed E-state index contributed by atoms with van der Waals surface area (Å²) < 4.78 is 15.3. The summed E-state index contributed by atoms with van der Waals surface area (Å²) in [5.41, 5.74) is 2.40. The molecule has 112 valence electrons. The van der Waals surface area contributed by atoms with Gasteiger partial charge in [-0.05, 0) is 31.5 Å². The second-order valence-corrected chi connectivity index (χ2v) is 4.70. The highest BCUT2D eigenvalue weighted by atomic mass is 16.6. The highest BCUT2D eigenvalue weighted by Gasteiger charge is 2.17. The van der Waals surface area contributed by atoms with Crippen LogP contribution >= 0.6 is 0 Å².